The molecular formula is C15H16FN3O. The molecule has 0 aliphatic heterocycles. The quantitative estimate of drug-likeness (QED) is 0.748. The average Bonchev–Trinajstić information content (AvgIpc) is 2.37. The zero-order valence-electron chi connectivity index (χ0n) is 11.1. The van der Waals surface area contributed by atoms with Crippen LogP contribution >= 0.6 is 0 Å². The molecule has 0 spiro atoms. The fourth-order valence-electron chi connectivity index (χ4n) is 1.96. The average molecular weight is 273 g/mol. The van der Waals surface area contributed by atoms with Crippen molar-refractivity contribution in [2.45, 2.75) is 13.5 Å². The van der Waals surface area contributed by atoms with Crippen molar-refractivity contribution in [3.63, 3.8) is 0 Å². The number of carbonyl (C=O) groups is 1. The largest absolute Gasteiger partial charge is 0.398 e. The number of rotatable bonds is 4. The number of benzene rings is 2. The summed E-state index contributed by atoms with van der Waals surface area (Å²) in [4.78, 5) is 11.2. The monoisotopic (exact) mass is 273 g/mol. The predicted octanol–water partition coefficient (Wildman–Crippen LogP) is 2.43. The van der Waals surface area contributed by atoms with Crippen LogP contribution < -0.4 is 16.8 Å². The molecule has 0 saturated carbocycles. The lowest BCUT2D eigenvalue weighted by Crippen LogP contribution is -2.15. The minimum Gasteiger partial charge on any atom is -0.398 e. The van der Waals surface area contributed by atoms with Crippen molar-refractivity contribution in [1.82, 2.24) is 0 Å². The molecule has 2 aromatic rings. The first-order valence-corrected chi connectivity index (χ1v) is 6.15. The van der Waals surface area contributed by atoms with Crippen LogP contribution in [-0.4, -0.2) is 5.91 Å². The number of halogens is 1. The van der Waals surface area contributed by atoms with Crippen molar-refractivity contribution in [3.8, 4) is 0 Å². The minimum absolute atomic E-state index is 0.0381. The SMILES string of the molecule is Cc1cccc(CNc2cc(C(N)=O)c(N)cc2F)c1. The number of primary amides is 1. The van der Waals surface area contributed by atoms with E-state index in [1.807, 2.05) is 31.2 Å². The molecule has 0 heterocycles. The summed E-state index contributed by atoms with van der Waals surface area (Å²) in [5, 5.41) is 2.94. The van der Waals surface area contributed by atoms with Gasteiger partial charge in [0.1, 0.15) is 5.82 Å². The summed E-state index contributed by atoms with van der Waals surface area (Å²) in [5.74, 6) is -1.19. The van der Waals surface area contributed by atoms with Gasteiger partial charge < -0.3 is 16.8 Å². The van der Waals surface area contributed by atoms with Gasteiger partial charge in [-0.2, -0.15) is 0 Å². The van der Waals surface area contributed by atoms with E-state index in [0.29, 0.717) is 6.54 Å². The number of carbonyl (C=O) groups excluding carboxylic acids is 1. The number of nitrogens with two attached hydrogens (primary N) is 2. The lowest BCUT2D eigenvalue weighted by Gasteiger charge is -2.11. The highest BCUT2D eigenvalue weighted by Crippen LogP contribution is 2.22. The van der Waals surface area contributed by atoms with Crippen LogP contribution in [0.15, 0.2) is 36.4 Å². The van der Waals surface area contributed by atoms with Gasteiger partial charge in [-0.15, -0.1) is 0 Å². The fourth-order valence-corrected chi connectivity index (χ4v) is 1.96. The van der Waals surface area contributed by atoms with Gasteiger partial charge in [-0.05, 0) is 24.6 Å². The van der Waals surface area contributed by atoms with Crippen LogP contribution in [-0.2, 0) is 6.54 Å². The summed E-state index contributed by atoms with van der Waals surface area (Å²) in [5.41, 5.74) is 13.2. The third-order valence-electron chi connectivity index (χ3n) is 2.97. The van der Waals surface area contributed by atoms with E-state index in [0.717, 1.165) is 17.2 Å². The molecule has 0 aliphatic carbocycles. The molecule has 0 atom stereocenters. The van der Waals surface area contributed by atoms with Crippen molar-refractivity contribution in [1.29, 1.82) is 0 Å². The van der Waals surface area contributed by atoms with E-state index >= 15 is 0 Å². The van der Waals surface area contributed by atoms with Crippen molar-refractivity contribution >= 4 is 17.3 Å². The first-order valence-electron chi connectivity index (χ1n) is 6.15. The Balaban J connectivity index is 2.21. The first kappa shape index (κ1) is 13.9. The highest BCUT2D eigenvalue weighted by molar-refractivity contribution is 5.99. The molecular weight excluding hydrogens is 257 g/mol. The second kappa shape index (κ2) is 5.61. The summed E-state index contributed by atoms with van der Waals surface area (Å²) in [6.07, 6.45) is 0. The van der Waals surface area contributed by atoms with E-state index in [1.54, 1.807) is 0 Å². The molecule has 0 bridgehead atoms. The van der Waals surface area contributed by atoms with Crippen LogP contribution in [0.25, 0.3) is 0 Å². The standard InChI is InChI=1S/C15H16FN3O/c1-9-3-2-4-10(5-9)8-19-14-6-11(15(18)20)13(17)7-12(14)16/h2-7,19H,8,17H2,1H3,(H2,18,20). The summed E-state index contributed by atoms with van der Waals surface area (Å²) in [6, 6.07) is 10.3. The van der Waals surface area contributed by atoms with Crippen LogP contribution in [0.1, 0.15) is 21.5 Å². The van der Waals surface area contributed by atoms with Gasteiger partial charge in [0.15, 0.2) is 0 Å². The van der Waals surface area contributed by atoms with Gasteiger partial charge in [0.25, 0.3) is 5.91 Å². The molecule has 20 heavy (non-hydrogen) atoms. The molecule has 4 nitrogen and oxygen atoms in total. The number of anilines is 2. The Bertz CT molecular complexity index is 656. The molecule has 0 aliphatic rings. The number of hydrogen-bond acceptors (Lipinski definition) is 3. The maximum atomic E-state index is 13.8. The summed E-state index contributed by atoms with van der Waals surface area (Å²) >= 11 is 0. The molecule has 0 radical (unpaired) electrons. The number of amides is 1. The van der Waals surface area contributed by atoms with Crippen LogP contribution in [0.4, 0.5) is 15.8 Å². The highest BCUT2D eigenvalue weighted by atomic mass is 19.1. The van der Waals surface area contributed by atoms with Crippen LogP contribution in [0.3, 0.4) is 0 Å². The third-order valence-corrected chi connectivity index (χ3v) is 2.97. The third kappa shape index (κ3) is 3.06. The van der Waals surface area contributed by atoms with E-state index in [1.165, 1.54) is 6.07 Å². The summed E-state index contributed by atoms with van der Waals surface area (Å²) in [7, 11) is 0. The van der Waals surface area contributed by atoms with E-state index in [-0.39, 0.29) is 16.9 Å². The zero-order chi connectivity index (χ0) is 14.7. The molecule has 0 aromatic heterocycles. The first-order chi connectivity index (χ1) is 9.47. The summed E-state index contributed by atoms with van der Waals surface area (Å²) in [6.45, 7) is 2.43. The van der Waals surface area contributed by atoms with Gasteiger partial charge >= 0.3 is 0 Å². The molecule has 1 amide bonds. The van der Waals surface area contributed by atoms with Crippen LogP contribution in [0.2, 0.25) is 0 Å². The number of hydrogen-bond donors (Lipinski definition) is 3. The molecule has 5 N–H and O–H groups in total. The highest BCUT2D eigenvalue weighted by Gasteiger charge is 2.11. The zero-order valence-corrected chi connectivity index (χ0v) is 11.1. The topological polar surface area (TPSA) is 81.1 Å². The Morgan fingerprint density at radius 2 is 2.05 bits per heavy atom. The van der Waals surface area contributed by atoms with Gasteiger partial charge in [-0.3, -0.25) is 4.79 Å². The van der Waals surface area contributed by atoms with Crippen LogP contribution in [0.5, 0.6) is 0 Å². The Hall–Kier alpha value is -2.56. The van der Waals surface area contributed by atoms with Gasteiger partial charge in [-0.1, -0.05) is 29.8 Å². The van der Waals surface area contributed by atoms with E-state index < -0.39 is 11.7 Å². The Morgan fingerprint density at radius 3 is 2.70 bits per heavy atom. The molecule has 0 saturated heterocycles. The summed E-state index contributed by atoms with van der Waals surface area (Å²) < 4.78 is 13.8. The molecule has 0 unspecified atom stereocenters. The van der Waals surface area contributed by atoms with Crippen molar-refractivity contribution < 1.29 is 9.18 Å². The number of nitrogens with one attached hydrogen (secondary N) is 1. The molecule has 104 valence electrons. The van der Waals surface area contributed by atoms with Crippen molar-refractivity contribution in [2.75, 3.05) is 11.1 Å². The Morgan fingerprint density at radius 1 is 1.30 bits per heavy atom. The van der Waals surface area contributed by atoms with Gasteiger partial charge in [-0.25, -0.2) is 4.39 Å². The fraction of sp³-hybridized carbons (Fsp3) is 0.133. The van der Waals surface area contributed by atoms with Crippen molar-refractivity contribution in [3.05, 3.63) is 58.9 Å². The Kier molecular flexibility index (Phi) is 3.89. The molecule has 5 heteroatoms. The second-order valence-corrected chi connectivity index (χ2v) is 4.63. The van der Waals surface area contributed by atoms with Crippen molar-refractivity contribution in [2.24, 2.45) is 5.73 Å². The lowest BCUT2D eigenvalue weighted by atomic mass is 10.1. The maximum Gasteiger partial charge on any atom is 0.250 e. The predicted molar refractivity (Wildman–Crippen MR) is 77.8 cm³/mol. The lowest BCUT2D eigenvalue weighted by molar-refractivity contribution is 0.100. The second-order valence-electron chi connectivity index (χ2n) is 4.63. The smallest absolute Gasteiger partial charge is 0.250 e. The normalized spacial score (nSPS) is 10.3. The molecule has 2 aromatic carbocycles. The van der Waals surface area contributed by atoms with Crippen LogP contribution in [0, 0.1) is 12.7 Å². The maximum absolute atomic E-state index is 13.8. The van der Waals surface area contributed by atoms with E-state index in [9.17, 15) is 9.18 Å². The minimum atomic E-state index is -0.680. The Labute approximate surface area is 116 Å². The molecule has 2 rings (SSSR count). The van der Waals surface area contributed by atoms with Gasteiger partial charge in [0.2, 0.25) is 0 Å². The van der Waals surface area contributed by atoms with Gasteiger partial charge in [0.05, 0.1) is 11.3 Å². The number of nitrogen functional groups attached to an aromatic ring is 1. The number of aryl methyl sites for hydroxylation is 1. The van der Waals surface area contributed by atoms with Gasteiger partial charge in [0, 0.05) is 12.2 Å². The van der Waals surface area contributed by atoms with E-state index in [4.69, 9.17) is 11.5 Å². The molecule has 0 fully saturated rings. The van der Waals surface area contributed by atoms with E-state index in [2.05, 4.69) is 5.32 Å².